The van der Waals surface area contributed by atoms with E-state index in [9.17, 15) is 4.79 Å². The van der Waals surface area contributed by atoms with Crippen LogP contribution in [0.5, 0.6) is 17.2 Å². The number of hydrogen-bond acceptors (Lipinski definition) is 9. The minimum atomic E-state index is -1.10. The summed E-state index contributed by atoms with van der Waals surface area (Å²) in [4.78, 5) is 15.2. The van der Waals surface area contributed by atoms with Crippen molar-refractivity contribution in [3.05, 3.63) is 54.2 Å². The van der Waals surface area contributed by atoms with Crippen molar-refractivity contribution < 1.29 is 24.1 Å². The van der Waals surface area contributed by atoms with Crippen LogP contribution in [0, 0.1) is 0 Å². The number of nitrogens with zero attached hydrogens (tertiary/aromatic N) is 4. The molecular formula is C20H19N5O5. The maximum atomic E-state index is 10.8. The van der Waals surface area contributed by atoms with Gasteiger partial charge in [0.25, 0.3) is 5.95 Å². The van der Waals surface area contributed by atoms with Crippen LogP contribution in [0.3, 0.4) is 0 Å². The number of aliphatic carboxylic acids is 1. The Bertz CT molecular complexity index is 1060. The highest BCUT2D eigenvalue weighted by Crippen LogP contribution is 2.30. The van der Waals surface area contributed by atoms with Gasteiger partial charge in [0, 0.05) is 11.1 Å². The Morgan fingerprint density at radius 1 is 1.13 bits per heavy atom. The molecule has 0 aliphatic heterocycles. The molecule has 0 saturated heterocycles. The monoisotopic (exact) mass is 409 g/mol. The number of methoxy groups -OCH3 is 2. The van der Waals surface area contributed by atoms with E-state index in [1.165, 1.54) is 19.5 Å². The molecule has 1 aromatic heterocycles. The molecule has 3 aromatic rings. The molecule has 0 radical (unpaired) electrons. The number of carboxylic acid groups (broad SMARTS) is 1. The lowest BCUT2D eigenvalue weighted by atomic mass is 10.1. The van der Waals surface area contributed by atoms with Crippen LogP contribution in [0.15, 0.2) is 53.8 Å². The lowest BCUT2D eigenvalue weighted by molar-refractivity contribution is -0.139. The van der Waals surface area contributed by atoms with Crippen molar-refractivity contribution in [2.24, 2.45) is 5.10 Å². The van der Waals surface area contributed by atoms with Gasteiger partial charge in [0.1, 0.15) is 5.75 Å². The molecule has 154 valence electrons. The Morgan fingerprint density at radius 2 is 1.90 bits per heavy atom. The molecule has 0 atom stereocenters. The van der Waals surface area contributed by atoms with Crippen molar-refractivity contribution in [3.63, 3.8) is 0 Å². The van der Waals surface area contributed by atoms with Crippen LogP contribution in [0.4, 0.5) is 5.95 Å². The van der Waals surface area contributed by atoms with Gasteiger partial charge in [-0.1, -0.05) is 18.2 Å². The molecule has 0 amide bonds. The number of hydrogen-bond donors (Lipinski definition) is 2. The molecule has 2 N–H and O–H groups in total. The molecule has 0 saturated carbocycles. The zero-order valence-electron chi connectivity index (χ0n) is 16.3. The fraction of sp³-hybridized carbons (Fsp3) is 0.150. The van der Waals surface area contributed by atoms with Crippen LogP contribution >= 0.6 is 0 Å². The first kappa shape index (κ1) is 20.5. The van der Waals surface area contributed by atoms with Gasteiger partial charge in [-0.3, -0.25) is 0 Å². The summed E-state index contributed by atoms with van der Waals surface area (Å²) in [6.45, 7) is -0.511. The van der Waals surface area contributed by atoms with Crippen molar-refractivity contribution in [2.45, 2.75) is 0 Å². The average Bonchev–Trinajstić information content (AvgIpc) is 2.78. The molecule has 1 heterocycles. The molecule has 2 aromatic carbocycles. The highest BCUT2D eigenvalue weighted by Gasteiger charge is 2.11. The van der Waals surface area contributed by atoms with Gasteiger partial charge < -0.3 is 19.3 Å². The number of rotatable bonds is 9. The van der Waals surface area contributed by atoms with E-state index in [1.807, 2.05) is 24.3 Å². The van der Waals surface area contributed by atoms with E-state index in [4.69, 9.17) is 19.3 Å². The largest absolute Gasteiger partial charge is 0.496 e. The molecule has 0 bridgehead atoms. The molecule has 0 aliphatic rings. The number of nitrogens with one attached hydrogen (secondary N) is 1. The number of hydrazone groups is 1. The van der Waals surface area contributed by atoms with Gasteiger partial charge in [0.2, 0.25) is 0 Å². The molecule has 0 aliphatic carbocycles. The zero-order chi connectivity index (χ0) is 21.3. The quantitative estimate of drug-likeness (QED) is 0.404. The SMILES string of the molecule is COc1ccccc1-c1cnnc(NN=Cc2cccc(OC)c2OCC(=O)O)n1. The van der Waals surface area contributed by atoms with Crippen molar-refractivity contribution in [2.75, 3.05) is 26.3 Å². The number of anilines is 1. The first-order chi connectivity index (χ1) is 14.6. The van der Waals surface area contributed by atoms with E-state index in [0.717, 1.165) is 5.56 Å². The van der Waals surface area contributed by atoms with E-state index in [-0.39, 0.29) is 11.7 Å². The average molecular weight is 409 g/mol. The molecule has 0 fully saturated rings. The van der Waals surface area contributed by atoms with Crippen molar-refractivity contribution in [1.82, 2.24) is 15.2 Å². The summed E-state index contributed by atoms with van der Waals surface area (Å²) in [5.41, 5.74) is 4.54. The fourth-order valence-electron chi connectivity index (χ4n) is 2.58. The maximum Gasteiger partial charge on any atom is 0.341 e. The topological polar surface area (TPSA) is 128 Å². The molecule has 0 spiro atoms. The number of aromatic nitrogens is 3. The van der Waals surface area contributed by atoms with Gasteiger partial charge >= 0.3 is 5.97 Å². The van der Waals surface area contributed by atoms with Crippen molar-refractivity contribution in [1.29, 1.82) is 0 Å². The summed E-state index contributed by atoms with van der Waals surface area (Å²) in [7, 11) is 3.04. The van der Waals surface area contributed by atoms with E-state index >= 15 is 0 Å². The Morgan fingerprint density at radius 3 is 2.67 bits per heavy atom. The van der Waals surface area contributed by atoms with Gasteiger partial charge in [-0.25, -0.2) is 15.2 Å². The summed E-state index contributed by atoms with van der Waals surface area (Å²) >= 11 is 0. The Balaban J connectivity index is 1.80. The summed E-state index contributed by atoms with van der Waals surface area (Å²) < 4.78 is 15.9. The number of carboxylic acids is 1. The first-order valence-electron chi connectivity index (χ1n) is 8.76. The zero-order valence-corrected chi connectivity index (χ0v) is 16.3. The Kier molecular flexibility index (Phi) is 6.72. The first-order valence-corrected chi connectivity index (χ1v) is 8.76. The molecular weight excluding hydrogens is 390 g/mol. The van der Waals surface area contributed by atoms with Crippen molar-refractivity contribution >= 4 is 18.1 Å². The van der Waals surface area contributed by atoms with Gasteiger partial charge in [0.05, 0.1) is 32.3 Å². The van der Waals surface area contributed by atoms with Gasteiger partial charge in [-0.15, -0.1) is 5.10 Å². The molecule has 10 heteroatoms. The lowest BCUT2D eigenvalue weighted by Crippen LogP contribution is -2.11. The molecule has 30 heavy (non-hydrogen) atoms. The molecule has 0 unspecified atom stereocenters. The van der Waals surface area contributed by atoms with Crippen LogP contribution < -0.4 is 19.6 Å². The number of para-hydroxylation sites is 2. The van der Waals surface area contributed by atoms with Crippen LogP contribution in [0.2, 0.25) is 0 Å². The fourth-order valence-corrected chi connectivity index (χ4v) is 2.58. The highest BCUT2D eigenvalue weighted by molar-refractivity contribution is 5.85. The Labute approximate surface area is 172 Å². The molecule has 10 nitrogen and oxygen atoms in total. The van der Waals surface area contributed by atoms with Crippen LogP contribution in [0.25, 0.3) is 11.3 Å². The van der Waals surface area contributed by atoms with Gasteiger partial charge in [-0.05, 0) is 24.3 Å². The van der Waals surface area contributed by atoms with E-state index < -0.39 is 12.6 Å². The minimum Gasteiger partial charge on any atom is -0.496 e. The predicted molar refractivity (Wildman–Crippen MR) is 109 cm³/mol. The third kappa shape index (κ3) is 4.98. The van der Waals surface area contributed by atoms with E-state index in [1.54, 1.807) is 25.3 Å². The van der Waals surface area contributed by atoms with Crippen molar-refractivity contribution in [3.8, 4) is 28.5 Å². The van der Waals surface area contributed by atoms with E-state index in [0.29, 0.717) is 22.8 Å². The number of ether oxygens (including phenoxy) is 3. The second-order valence-corrected chi connectivity index (χ2v) is 5.80. The maximum absolute atomic E-state index is 10.8. The smallest absolute Gasteiger partial charge is 0.341 e. The summed E-state index contributed by atoms with van der Waals surface area (Å²) in [5, 5.41) is 20.8. The summed E-state index contributed by atoms with van der Waals surface area (Å²) in [6.07, 6.45) is 2.96. The standard InChI is InChI=1S/C20H19N5O5/c1-28-16-8-4-3-7-14(16)15-11-22-25-20(23-15)24-21-10-13-6-5-9-17(29-2)19(13)30-12-18(26)27/h3-11H,12H2,1-2H3,(H,26,27)(H,23,24,25). The van der Waals surface area contributed by atoms with Crippen LogP contribution in [0.1, 0.15) is 5.56 Å². The third-order valence-corrected chi connectivity index (χ3v) is 3.88. The lowest BCUT2D eigenvalue weighted by Gasteiger charge is -2.11. The predicted octanol–water partition coefficient (Wildman–Crippen LogP) is 2.47. The summed E-state index contributed by atoms with van der Waals surface area (Å²) in [5.74, 6) is 0.371. The van der Waals surface area contributed by atoms with Gasteiger partial charge in [0.15, 0.2) is 18.1 Å². The number of benzene rings is 2. The minimum absolute atomic E-state index is 0.172. The second kappa shape index (κ2) is 9.82. The van der Waals surface area contributed by atoms with Crippen LogP contribution in [-0.4, -0.2) is 53.3 Å². The highest BCUT2D eigenvalue weighted by atomic mass is 16.5. The summed E-state index contributed by atoms with van der Waals surface area (Å²) in [6, 6.07) is 12.5. The number of carbonyl (C=O) groups is 1. The van der Waals surface area contributed by atoms with E-state index in [2.05, 4.69) is 25.7 Å². The Hall–Kier alpha value is -4.21. The van der Waals surface area contributed by atoms with Crippen LogP contribution in [-0.2, 0) is 4.79 Å². The normalized spacial score (nSPS) is 10.6. The second-order valence-electron chi connectivity index (χ2n) is 5.80. The molecule has 3 rings (SSSR count). The third-order valence-electron chi connectivity index (χ3n) is 3.88. The van der Waals surface area contributed by atoms with Gasteiger partial charge in [-0.2, -0.15) is 10.2 Å².